The molecule has 8 heteroatoms. The van der Waals surface area contributed by atoms with E-state index in [2.05, 4.69) is 15.5 Å². The van der Waals surface area contributed by atoms with Crippen LogP contribution < -0.4 is 5.32 Å². The first-order chi connectivity index (χ1) is 13.1. The van der Waals surface area contributed by atoms with Crippen LogP contribution in [0.25, 0.3) is 0 Å². The van der Waals surface area contributed by atoms with E-state index >= 15 is 0 Å². The normalized spacial score (nSPS) is 27.1. The molecule has 4 heterocycles. The summed E-state index contributed by atoms with van der Waals surface area (Å²) < 4.78 is 1.97. The molecule has 1 N–H and O–H groups in total. The molecular weight excluding hydrogens is 344 g/mol. The molecule has 2 atom stereocenters. The molecule has 27 heavy (non-hydrogen) atoms. The van der Waals surface area contributed by atoms with E-state index in [1.165, 1.54) is 0 Å². The van der Waals surface area contributed by atoms with Crippen molar-refractivity contribution in [3.05, 3.63) is 12.2 Å². The number of aromatic nitrogens is 3. The van der Waals surface area contributed by atoms with Gasteiger partial charge in [0.2, 0.25) is 11.8 Å². The monoisotopic (exact) mass is 374 g/mol. The maximum Gasteiger partial charge on any atom is 0.226 e. The van der Waals surface area contributed by atoms with Crippen molar-refractivity contribution in [2.75, 3.05) is 39.3 Å². The lowest BCUT2D eigenvalue weighted by molar-refractivity contribution is -0.140. The topological polar surface area (TPSA) is 83.4 Å². The molecule has 8 nitrogen and oxygen atoms in total. The summed E-state index contributed by atoms with van der Waals surface area (Å²) in [6.45, 7) is 4.67. The maximum atomic E-state index is 13.0. The Bertz CT molecular complexity index is 675. The molecule has 148 valence electrons. The van der Waals surface area contributed by atoms with Gasteiger partial charge in [-0.05, 0) is 32.1 Å². The van der Waals surface area contributed by atoms with Gasteiger partial charge < -0.3 is 19.7 Å². The number of hydrogen-bond donors (Lipinski definition) is 1. The lowest BCUT2D eigenvalue weighted by Crippen LogP contribution is -2.50. The smallest absolute Gasteiger partial charge is 0.226 e. The second kappa shape index (κ2) is 7.96. The molecule has 0 spiro atoms. The molecule has 0 radical (unpaired) electrons. The summed E-state index contributed by atoms with van der Waals surface area (Å²) in [5.41, 5.74) is 0. The molecule has 0 unspecified atom stereocenters. The molecule has 0 aromatic carbocycles. The second-order valence-electron chi connectivity index (χ2n) is 8.22. The number of aryl methyl sites for hydroxylation is 1. The van der Waals surface area contributed by atoms with Crippen molar-refractivity contribution in [2.24, 2.45) is 18.9 Å². The van der Waals surface area contributed by atoms with E-state index in [9.17, 15) is 9.59 Å². The van der Waals surface area contributed by atoms with Crippen molar-refractivity contribution in [3.63, 3.8) is 0 Å². The van der Waals surface area contributed by atoms with Crippen LogP contribution in [0.15, 0.2) is 6.33 Å². The van der Waals surface area contributed by atoms with E-state index in [1.807, 2.05) is 21.4 Å². The SMILES string of the molecule is Cn1cnnc1C1CCN(C(=O)[C@H]2CNC[C@H](C(=O)N3CCCC3)C2)CC1. The van der Waals surface area contributed by atoms with Gasteiger partial charge in [-0.15, -0.1) is 10.2 Å². The molecule has 2 amide bonds. The molecule has 3 aliphatic rings. The van der Waals surface area contributed by atoms with Crippen LogP contribution in [0.3, 0.4) is 0 Å². The minimum atomic E-state index is -0.0818. The standard InChI is InChI=1S/C19H30N6O2/c1-23-13-21-22-17(23)14-4-8-25(9-5-14)19(27)16-10-15(11-20-12-16)18(26)24-6-2-3-7-24/h13-16,20H,2-12H2,1H3/t15-,16-/m1/s1. The van der Waals surface area contributed by atoms with Crippen LogP contribution in [-0.2, 0) is 16.6 Å². The molecule has 3 aliphatic heterocycles. The molecule has 0 aliphatic carbocycles. The summed E-state index contributed by atoms with van der Waals surface area (Å²) in [5, 5.41) is 11.5. The van der Waals surface area contributed by atoms with Gasteiger partial charge in [-0.3, -0.25) is 9.59 Å². The average molecular weight is 374 g/mol. The van der Waals surface area contributed by atoms with Crippen molar-refractivity contribution >= 4 is 11.8 Å². The molecule has 3 fully saturated rings. The van der Waals surface area contributed by atoms with Crippen molar-refractivity contribution in [3.8, 4) is 0 Å². The second-order valence-corrected chi connectivity index (χ2v) is 8.22. The van der Waals surface area contributed by atoms with Crippen LogP contribution in [-0.4, -0.2) is 75.6 Å². The first-order valence-electron chi connectivity index (χ1n) is 10.3. The lowest BCUT2D eigenvalue weighted by Gasteiger charge is -2.37. The number of nitrogens with zero attached hydrogens (tertiary/aromatic N) is 5. The number of amides is 2. The number of rotatable bonds is 3. The van der Waals surface area contributed by atoms with Gasteiger partial charge in [0.15, 0.2) is 0 Å². The highest BCUT2D eigenvalue weighted by Crippen LogP contribution is 2.28. The Morgan fingerprint density at radius 3 is 2.15 bits per heavy atom. The van der Waals surface area contributed by atoms with E-state index in [1.54, 1.807) is 6.33 Å². The Balaban J connectivity index is 1.31. The molecular formula is C19H30N6O2. The van der Waals surface area contributed by atoms with Crippen LogP contribution in [0.1, 0.15) is 43.8 Å². The molecule has 1 aromatic heterocycles. The van der Waals surface area contributed by atoms with Crippen LogP contribution in [0.5, 0.6) is 0 Å². The van der Waals surface area contributed by atoms with Gasteiger partial charge in [0.1, 0.15) is 12.2 Å². The number of carbonyl (C=O) groups is 2. The van der Waals surface area contributed by atoms with E-state index in [0.29, 0.717) is 25.4 Å². The number of nitrogens with one attached hydrogen (secondary N) is 1. The van der Waals surface area contributed by atoms with E-state index in [-0.39, 0.29) is 23.7 Å². The molecule has 3 saturated heterocycles. The quantitative estimate of drug-likeness (QED) is 0.826. The highest BCUT2D eigenvalue weighted by molar-refractivity contribution is 5.83. The summed E-state index contributed by atoms with van der Waals surface area (Å²) in [6.07, 6.45) is 6.48. The van der Waals surface area contributed by atoms with E-state index < -0.39 is 0 Å². The summed E-state index contributed by atoms with van der Waals surface area (Å²) in [6, 6.07) is 0. The minimum absolute atomic E-state index is 0.0537. The maximum absolute atomic E-state index is 13.0. The highest BCUT2D eigenvalue weighted by Gasteiger charge is 2.36. The summed E-state index contributed by atoms with van der Waals surface area (Å²) in [7, 11) is 1.97. The number of likely N-dealkylation sites (tertiary alicyclic amines) is 2. The van der Waals surface area contributed by atoms with Crippen LogP contribution >= 0.6 is 0 Å². The number of carbonyl (C=O) groups excluding carboxylic acids is 2. The van der Waals surface area contributed by atoms with Gasteiger partial charge in [0, 0.05) is 52.2 Å². The molecule has 4 rings (SSSR count). The predicted octanol–water partition coefficient (Wildman–Crippen LogP) is 0.369. The number of hydrogen-bond acceptors (Lipinski definition) is 5. The predicted molar refractivity (Wildman–Crippen MR) is 99.8 cm³/mol. The van der Waals surface area contributed by atoms with E-state index in [0.717, 1.165) is 57.7 Å². The van der Waals surface area contributed by atoms with Crippen molar-refractivity contribution in [1.29, 1.82) is 0 Å². The van der Waals surface area contributed by atoms with Crippen molar-refractivity contribution in [2.45, 2.75) is 38.0 Å². The third-order valence-corrected chi connectivity index (χ3v) is 6.38. The fraction of sp³-hybridized carbons (Fsp3) is 0.789. The minimum Gasteiger partial charge on any atom is -0.342 e. The van der Waals surface area contributed by atoms with Gasteiger partial charge in [-0.25, -0.2) is 0 Å². The fourth-order valence-electron chi connectivity index (χ4n) is 4.79. The van der Waals surface area contributed by atoms with Gasteiger partial charge >= 0.3 is 0 Å². The summed E-state index contributed by atoms with van der Waals surface area (Å²) >= 11 is 0. The fourth-order valence-corrected chi connectivity index (χ4v) is 4.79. The zero-order valence-electron chi connectivity index (χ0n) is 16.1. The summed E-state index contributed by atoms with van der Waals surface area (Å²) in [4.78, 5) is 29.7. The zero-order valence-corrected chi connectivity index (χ0v) is 16.1. The Morgan fingerprint density at radius 2 is 1.59 bits per heavy atom. The van der Waals surface area contributed by atoms with Crippen LogP contribution in [0.4, 0.5) is 0 Å². The van der Waals surface area contributed by atoms with Gasteiger partial charge in [-0.1, -0.05) is 0 Å². The largest absolute Gasteiger partial charge is 0.342 e. The van der Waals surface area contributed by atoms with Crippen LogP contribution in [0.2, 0.25) is 0 Å². The average Bonchev–Trinajstić information content (AvgIpc) is 3.39. The third-order valence-electron chi connectivity index (χ3n) is 6.38. The highest BCUT2D eigenvalue weighted by atomic mass is 16.2. The van der Waals surface area contributed by atoms with Gasteiger partial charge in [0.05, 0.1) is 11.8 Å². The first kappa shape index (κ1) is 18.4. The molecule has 1 aromatic rings. The van der Waals surface area contributed by atoms with Gasteiger partial charge in [0.25, 0.3) is 0 Å². The van der Waals surface area contributed by atoms with Crippen molar-refractivity contribution < 1.29 is 9.59 Å². The lowest BCUT2D eigenvalue weighted by atomic mass is 9.87. The Hall–Kier alpha value is -1.96. The van der Waals surface area contributed by atoms with Gasteiger partial charge in [-0.2, -0.15) is 0 Å². The summed E-state index contributed by atoms with van der Waals surface area (Å²) in [5.74, 6) is 1.69. The molecule has 0 bridgehead atoms. The van der Waals surface area contributed by atoms with Crippen LogP contribution in [0, 0.1) is 11.8 Å². The first-order valence-corrected chi connectivity index (χ1v) is 10.3. The Labute approximate surface area is 160 Å². The zero-order chi connectivity index (χ0) is 18.8. The van der Waals surface area contributed by atoms with E-state index in [4.69, 9.17) is 0 Å². The van der Waals surface area contributed by atoms with Crippen molar-refractivity contribution in [1.82, 2.24) is 29.9 Å². The number of piperidine rings is 2. The molecule has 0 saturated carbocycles. The Kier molecular flexibility index (Phi) is 5.43. The third kappa shape index (κ3) is 3.85. The Morgan fingerprint density at radius 1 is 1.00 bits per heavy atom.